The molecule has 264 valence electrons. The van der Waals surface area contributed by atoms with Crippen LogP contribution in [0.15, 0.2) is 36.9 Å². The maximum absolute atomic E-state index is 14.2. The summed E-state index contributed by atoms with van der Waals surface area (Å²) < 4.78 is 33.3. The number of amides is 6. The molecule has 1 aromatic rings. The molecule has 5 atom stereocenters. The quantitative estimate of drug-likeness (QED) is 0.362. The molecule has 3 aliphatic heterocycles. The molecule has 2 aliphatic carbocycles. The monoisotopic (exact) mass is 696 g/mol. The molecule has 15 heteroatoms. The summed E-state index contributed by atoms with van der Waals surface area (Å²) in [5.41, 5.74) is 1.40. The molecular formula is C34H44N6O8S. The second kappa shape index (κ2) is 13.1. The summed E-state index contributed by atoms with van der Waals surface area (Å²) in [4.78, 5) is 72.7. The molecule has 2 saturated carbocycles. The fraction of sp³-hybridized carbons (Fsp3) is 0.559. The van der Waals surface area contributed by atoms with Crippen molar-refractivity contribution in [1.29, 1.82) is 0 Å². The predicted molar refractivity (Wildman–Crippen MR) is 179 cm³/mol. The highest BCUT2D eigenvalue weighted by atomic mass is 32.2. The molecule has 4 bridgehead atoms. The molecule has 1 saturated heterocycles. The summed E-state index contributed by atoms with van der Waals surface area (Å²) in [7, 11) is -2.25. The molecule has 1 aromatic carbocycles. The van der Waals surface area contributed by atoms with Crippen LogP contribution in [0.4, 0.5) is 9.59 Å². The van der Waals surface area contributed by atoms with Crippen LogP contribution in [0.25, 0.3) is 6.08 Å². The van der Waals surface area contributed by atoms with Gasteiger partial charge in [0.15, 0.2) is 0 Å². The van der Waals surface area contributed by atoms with Crippen LogP contribution in [0, 0.1) is 11.8 Å². The Morgan fingerprint density at radius 2 is 1.92 bits per heavy atom. The van der Waals surface area contributed by atoms with E-state index in [9.17, 15) is 32.4 Å². The minimum Gasteiger partial charge on any atom is -0.444 e. The van der Waals surface area contributed by atoms with E-state index >= 15 is 0 Å². The van der Waals surface area contributed by atoms with Gasteiger partial charge in [0.1, 0.15) is 23.7 Å². The van der Waals surface area contributed by atoms with Gasteiger partial charge in [0.2, 0.25) is 21.8 Å². The van der Waals surface area contributed by atoms with Gasteiger partial charge in [-0.2, -0.15) is 0 Å². The number of nitrogens with zero attached hydrogens (tertiary/aromatic N) is 3. The van der Waals surface area contributed by atoms with Crippen LogP contribution in [-0.2, 0) is 42.2 Å². The lowest BCUT2D eigenvalue weighted by molar-refractivity contribution is -0.141. The summed E-state index contributed by atoms with van der Waals surface area (Å²) in [6, 6.07) is 3.21. The van der Waals surface area contributed by atoms with Gasteiger partial charge in [0, 0.05) is 32.5 Å². The van der Waals surface area contributed by atoms with Gasteiger partial charge in [-0.3, -0.25) is 24.0 Å². The van der Waals surface area contributed by atoms with Crippen LogP contribution >= 0.6 is 0 Å². The fourth-order valence-electron chi connectivity index (χ4n) is 6.86. The smallest absolute Gasteiger partial charge is 0.410 e. The van der Waals surface area contributed by atoms with E-state index in [1.807, 2.05) is 30.4 Å². The van der Waals surface area contributed by atoms with E-state index in [2.05, 4.69) is 21.9 Å². The third kappa shape index (κ3) is 6.90. The van der Waals surface area contributed by atoms with Gasteiger partial charge in [-0.1, -0.05) is 50.3 Å². The summed E-state index contributed by atoms with van der Waals surface area (Å²) in [5, 5.41) is 4.92. The Balaban J connectivity index is 1.28. The zero-order chi connectivity index (χ0) is 35.2. The van der Waals surface area contributed by atoms with Gasteiger partial charge in [-0.05, 0) is 48.3 Å². The summed E-state index contributed by atoms with van der Waals surface area (Å²) in [5.74, 6) is -2.99. The van der Waals surface area contributed by atoms with E-state index in [4.69, 9.17) is 4.74 Å². The first-order valence-electron chi connectivity index (χ1n) is 16.8. The number of carbonyl (C=O) groups excluding carboxylic acids is 5. The third-order valence-corrected chi connectivity index (χ3v) is 11.9. The molecule has 49 heavy (non-hydrogen) atoms. The number of nitrogens with one attached hydrogen (secondary N) is 3. The average Bonchev–Trinajstić information content (AvgIpc) is 3.95. The lowest BCUT2D eigenvalue weighted by Gasteiger charge is -2.32. The standard InChI is InChI=1S/C34H44N6O8S/c1-5-23-16-34(23,31(43)37-49(46,47)25-12-13-25)36-29(41)27-15-24-18-40(27)30(42)28(20(2)3)35-32(44)38(4)14-7-6-9-21-10-8-11-22-17-39(19-26(21)22)33(45)48-24/h5-6,8-11,20,23-25,27-28H,1,7,12-19H2,2-4H3,(H,35,44)(H,36,41)(H,37,43)/t23-,24-,27+,28+,34-/m1/s1. The van der Waals surface area contributed by atoms with Crippen molar-refractivity contribution in [2.75, 3.05) is 20.1 Å². The molecular weight excluding hydrogens is 652 g/mol. The van der Waals surface area contributed by atoms with E-state index in [0.29, 0.717) is 38.9 Å². The first kappa shape index (κ1) is 34.5. The molecule has 0 radical (unpaired) electrons. The van der Waals surface area contributed by atoms with Crippen LogP contribution in [0.1, 0.15) is 62.6 Å². The molecule has 3 heterocycles. The zero-order valence-corrected chi connectivity index (χ0v) is 28.8. The largest absolute Gasteiger partial charge is 0.444 e. The Morgan fingerprint density at radius 3 is 2.59 bits per heavy atom. The molecule has 6 rings (SSSR count). The van der Waals surface area contributed by atoms with Crippen LogP contribution in [-0.4, -0.2) is 102 Å². The zero-order valence-electron chi connectivity index (χ0n) is 28.0. The van der Waals surface area contributed by atoms with Crippen molar-refractivity contribution in [3.05, 3.63) is 53.6 Å². The number of benzene rings is 1. The van der Waals surface area contributed by atoms with Crippen LogP contribution in [0.2, 0.25) is 0 Å². The van der Waals surface area contributed by atoms with Crippen molar-refractivity contribution < 1.29 is 37.1 Å². The second-order valence-electron chi connectivity index (χ2n) is 14.1. The minimum atomic E-state index is -3.89. The number of ether oxygens (including phenoxy) is 1. The fourth-order valence-corrected chi connectivity index (χ4v) is 8.22. The molecule has 5 aliphatic rings. The van der Waals surface area contributed by atoms with Gasteiger partial charge in [-0.25, -0.2) is 18.0 Å². The maximum Gasteiger partial charge on any atom is 0.410 e. The first-order chi connectivity index (χ1) is 23.2. The van der Waals surface area contributed by atoms with E-state index in [1.54, 1.807) is 25.8 Å². The average molecular weight is 697 g/mol. The number of urea groups is 1. The Bertz CT molecular complexity index is 1710. The summed E-state index contributed by atoms with van der Waals surface area (Å²) >= 11 is 0. The van der Waals surface area contributed by atoms with E-state index in [-0.39, 0.29) is 25.3 Å². The predicted octanol–water partition coefficient (Wildman–Crippen LogP) is 1.86. The highest BCUT2D eigenvalue weighted by molar-refractivity contribution is 7.91. The number of fused-ring (bicyclic) bond motifs is 3. The molecule has 6 amide bonds. The Kier molecular flexibility index (Phi) is 9.24. The SMILES string of the molecule is C=C[C@@H]1C[C@]1(NC(=O)[C@@H]1C[C@@H]2CN1C(=O)[C@H](C(C)C)NC(=O)N(C)CCC=Cc1cccc3c1CN(C3)C(=O)O2)C(=O)NS(=O)(=O)C1CC1. The van der Waals surface area contributed by atoms with Crippen molar-refractivity contribution in [1.82, 2.24) is 30.1 Å². The normalized spacial score (nSPS) is 28.8. The van der Waals surface area contributed by atoms with Crippen LogP contribution in [0.3, 0.4) is 0 Å². The van der Waals surface area contributed by atoms with Crippen molar-refractivity contribution >= 4 is 45.9 Å². The van der Waals surface area contributed by atoms with Gasteiger partial charge in [0.25, 0.3) is 5.91 Å². The Labute approximate surface area is 286 Å². The number of rotatable bonds is 7. The molecule has 3 N–H and O–H groups in total. The van der Waals surface area contributed by atoms with E-state index < -0.39 is 74.8 Å². The van der Waals surface area contributed by atoms with Crippen LogP contribution in [0.5, 0.6) is 0 Å². The minimum absolute atomic E-state index is 0.0619. The number of carbonyl (C=O) groups is 5. The summed E-state index contributed by atoms with van der Waals surface area (Å²) in [6.45, 7) is 8.23. The Hall–Kier alpha value is -4.40. The second-order valence-corrected chi connectivity index (χ2v) is 16.0. The van der Waals surface area contributed by atoms with Gasteiger partial charge in [-0.15, -0.1) is 6.58 Å². The lowest BCUT2D eigenvalue weighted by atomic mass is 10.0. The molecule has 14 nitrogen and oxygen atoms in total. The first-order valence-corrected chi connectivity index (χ1v) is 18.3. The number of hydrogen-bond donors (Lipinski definition) is 3. The maximum atomic E-state index is 14.2. The lowest BCUT2D eigenvalue weighted by Crippen LogP contribution is -2.59. The van der Waals surface area contributed by atoms with Gasteiger partial charge < -0.3 is 25.2 Å². The van der Waals surface area contributed by atoms with Gasteiger partial charge >= 0.3 is 12.1 Å². The number of sulfonamides is 1. The van der Waals surface area contributed by atoms with E-state index in [0.717, 1.165) is 16.7 Å². The topological polar surface area (TPSA) is 175 Å². The van der Waals surface area contributed by atoms with Crippen molar-refractivity contribution in [3.8, 4) is 0 Å². The van der Waals surface area contributed by atoms with Crippen LogP contribution < -0.4 is 15.4 Å². The molecule has 0 spiro atoms. The van der Waals surface area contributed by atoms with Gasteiger partial charge in [0.05, 0.1) is 18.3 Å². The van der Waals surface area contributed by atoms with E-state index in [1.165, 1.54) is 15.9 Å². The highest BCUT2D eigenvalue weighted by Gasteiger charge is 2.62. The van der Waals surface area contributed by atoms with Crippen molar-refractivity contribution in [3.63, 3.8) is 0 Å². The molecule has 0 aromatic heterocycles. The highest BCUT2D eigenvalue weighted by Crippen LogP contribution is 2.45. The number of hydrogen-bond acceptors (Lipinski definition) is 8. The third-order valence-electron chi connectivity index (χ3n) is 10.1. The molecule has 3 fully saturated rings. The molecule has 0 unspecified atom stereocenters. The van der Waals surface area contributed by atoms with Crippen molar-refractivity contribution in [2.24, 2.45) is 11.8 Å². The Morgan fingerprint density at radius 1 is 1.16 bits per heavy atom. The summed E-state index contributed by atoms with van der Waals surface area (Å²) in [6.07, 6.45) is 5.52. The van der Waals surface area contributed by atoms with Crippen molar-refractivity contribution in [2.45, 2.75) is 88.0 Å².